The van der Waals surface area contributed by atoms with Crippen molar-refractivity contribution in [2.45, 2.75) is 6.92 Å². The van der Waals surface area contributed by atoms with E-state index in [0.717, 1.165) is 6.26 Å². The van der Waals surface area contributed by atoms with Crippen molar-refractivity contribution in [3.05, 3.63) is 23.6 Å². The number of aromatic nitrogens is 1. The average Bonchev–Trinajstić information content (AvgIpc) is 1.93. The second-order valence-corrected chi connectivity index (χ2v) is 4.47. The first kappa shape index (κ1) is 9.91. The zero-order valence-corrected chi connectivity index (χ0v) is 8.02. The monoisotopic (exact) mass is 204 g/mol. The molecule has 0 aromatic carbocycles. The molecular formula is C7H9FN2O2S. The third-order valence-corrected chi connectivity index (χ3v) is 1.82. The molecule has 0 radical (unpaired) electrons. The van der Waals surface area contributed by atoms with Crippen molar-refractivity contribution in [2.24, 2.45) is 0 Å². The largest absolute Gasteiger partial charge is 0.265 e. The van der Waals surface area contributed by atoms with Crippen LogP contribution in [0, 0.1) is 12.7 Å². The fourth-order valence-corrected chi connectivity index (χ4v) is 1.29. The van der Waals surface area contributed by atoms with E-state index in [-0.39, 0.29) is 5.82 Å². The van der Waals surface area contributed by atoms with Gasteiger partial charge in [0.05, 0.1) is 6.26 Å². The highest BCUT2D eigenvalue weighted by molar-refractivity contribution is 7.92. The van der Waals surface area contributed by atoms with Crippen LogP contribution in [0.15, 0.2) is 12.3 Å². The predicted molar refractivity (Wildman–Crippen MR) is 47.4 cm³/mol. The number of pyridine rings is 1. The van der Waals surface area contributed by atoms with E-state index in [1.807, 2.05) is 4.72 Å². The van der Waals surface area contributed by atoms with Crippen LogP contribution in [0.1, 0.15) is 5.56 Å². The number of halogens is 1. The first-order valence-corrected chi connectivity index (χ1v) is 5.37. The van der Waals surface area contributed by atoms with Crippen molar-refractivity contribution in [2.75, 3.05) is 11.0 Å². The van der Waals surface area contributed by atoms with Gasteiger partial charge < -0.3 is 0 Å². The molecule has 0 spiro atoms. The molecule has 4 nitrogen and oxygen atoms in total. The molecule has 0 saturated carbocycles. The zero-order chi connectivity index (χ0) is 10.1. The highest BCUT2D eigenvalue weighted by Gasteiger charge is 2.08. The summed E-state index contributed by atoms with van der Waals surface area (Å²) in [4.78, 5) is 3.60. The Morgan fingerprint density at radius 3 is 2.62 bits per heavy atom. The van der Waals surface area contributed by atoms with E-state index in [1.54, 1.807) is 6.92 Å². The molecule has 0 atom stereocenters. The Kier molecular flexibility index (Phi) is 2.51. The van der Waals surface area contributed by atoms with Crippen molar-refractivity contribution in [3.63, 3.8) is 0 Å². The van der Waals surface area contributed by atoms with Crippen LogP contribution in [0.3, 0.4) is 0 Å². The molecule has 1 N–H and O–H groups in total. The van der Waals surface area contributed by atoms with Crippen molar-refractivity contribution in [1.29, 1.82) is 0 Å². The lowest BCUT2D eigenvalue weighted by atomic mass is 10.3. The molecule has 1 aromatic rings. The third kappa shape index (κ3) is 2.98. The standard InChI is InChI=1S/C7H9FN2O2S/c1-5-3-6(8)7(9-4-5)10-13(2,11)12/h3-4H,1-2H3,(H,9,10). The molecule has 0 aliphatic heterocycles. The SMILES string of the molecule is Cc1cnc(NS(C)(=O)=O)c(F)c1. The molecule has 0 unspecified atom stereocenters. The van der Waals surface area contributed by atoms with Gasteiger partial charge in [0.2, 0.25) is 10.0 Å². The molecule has 72 valence electrons. The van der Waals surface area contributed by atoms with Crippen LogP contribution >= 0.6 is 0 Å². The highest BCUT2D eigenvalue weighted by Crippen LogP contribution is 2.12. The molecule has 0 aliphatic carbocycles. The summed E-state index contributed by atoms with van der Waals surface area (Å²) in [5.41, 5.74) is 0.636. The van der Waals surface area contributed by atoms with Gasteiger partial charge in [-0.15, -0.1) is 0 Å². The number of nitrogens with zero attached hydrogens (tertiary/aromatic N) is 1. The van der Waals surface area contributed by atoms with Crippen LogP contribution < -0.4 is 4.72 Å². The van der Waals surface area contributed by atoms with Gasteiger partial charge in [0.15, 0.2) is 11.6 Å². The van der Waals surface area contributed by atoms with Crippen LogP contribution in [0.25, 0.3) is 0 Å². The van der Waals surface area contributed by atoms with E-state index in [4.69, 9.17) is 0 Å². The summed E-state index contributed by atoms with van der Waals surface area (Å²) >= 11 is 0. The Bertz CT molecular complexity index is 417. The lowest BCUT2D eigenvalue weighted by Gasteiger charge is -2.03. The van der Waals surface area contributed by atoms with Crippen LogP contribution in [0.4, 0.5) is 10.2 Å². The number of hydrogen-bond donors (Lipinski definition) is 1. The van der Waals surface area contributed by atoms with Gasteiger partial charge in [-0.05, 0) is 18.6 Å². The second kappa shape index (κ2) is 3.29. The van der Waals surface area contributed by atoms with E-state index >= 15 is 0 Å². The van der Waals surface area contributed by atoms with Gasteiger partial charge in [0, 0.05) is 6.20 Å². The minimum Gasteiger partial charge on any atom is -0.265 e. The normalized spacial score (nSPS) is 11.3. The Morgan fingerprint density at radius 1 is 1.54 bits per heavy atom. The first-order chi connectivity index (χ1) is 5.88. The smallest absolute Gasteiger partial charge is 0.231 e. The Labute approximate surface area is 75.9 Å². The summed E-state index contributed by atoms with van der Waals surface area (Å²) in [6.07, 6.45) is 2.32. The lowest BCUT2D eigenvalue weighted by Crippen LogP contribution is -2.12. The fourth-order valence-electron chi connectivity index (χ4n) is 0.784. The van der Waals surface area contributed by atoms with Gasteiger partial charge in [-0.2, -0.15) is 0 Å². The topological polar surface area (TPSA) is 59.1 Å². The Balaban J connectivity index is 3.04. The second-order valence-electron chi connectivity index (χ2n) is 2.72. The predicted octanol–water partition coefficient (Wildman–Crippen LogP) is 0.901. The number of aryl methyl sites for hydroxylation is 1. The molecule has 1 rings (SSSR count). The van der Waals surface area contributed by atoms with Crippen molar-refractivity contribution in [1.82, 2.24) is 4.98 Å². The average molecular weight is 204 g/mol. The van der Waals surface area contributed by atoms with Gasteiger partial charge in [0.1, 0.15) is 0 Å². The Hall–Kier alpha value is -1.17. The summed E-state index contributed by atoms with van der Waals surface area (Å²) in [7, 11) is -3.47. The maximum absolute atomic E-state index is 13.0. The maximum atomic E-state index is 13.0. The fraction of sp³-hybridized carbons (Fsp3) is 0.286. The van der Waals surface area contributed by atoms with E-state index in [2.05, 4.69) is 4.98 Å². The first-order valence-electron chi connectivity index (χ1n) is 3.48. The molecule has 0 saturated heterocycles. The molecule has 13 heavy (non-hydrogen) atoms. The molecule has 0 bridgehead atoms. The molecule has 1 heterocycles. The van der Waals surface area contributed by atoms with E-state index in [9.17, 15) is 12.8 Å². The molecule has 0 amide bonds. The molecule has 1 aromatic heterocycles. The van der Waals surface area contributed by atoms with Gasteiger partial charge in [-0.25, -0.2) is 17.8 Å². The van der Waals surface area contributed by atoms with Crippen molar-refractivity contribution >= 4 is 15.8 Å². The minimum absolute atomic E-state index is 0.270. The van der Waals surface area contributed by atoms with Gasteiger partial charge >= 0.3 is 0 Å². The quantitative estimate of drug-likeness (QED) is 0.778. The van der Waals surface area contributed by atoms with Gasteiger partial charge in [-0.3, -0.25) is 4.72 Å². The number of nitrogens with one attached hydrogen (secondary N) is 1. The number of anilines is 1. The van der Waals surface area contributed by atoms with E-state index in [0.29, 0.717) is 5.56 Å². The summed E-state index contributed by atoms with van der Waals surface area (Å²) in [5.74, 6) is -0.946. The number of sulfonamides is 1. The number of hydrogen-bond acceptors (Lipinski definition) is 3. The van der Waals surface area contributed by atoms with Gasteiger partial charge in [-0.1, -0.05) is 0 Å². The molecule has 6 heteroatoms. The van der Waals surface area contributed by atoms with E-state index < -0.39 is 15.8 Å². The molecular weight excluding hydrogens is 195 g/mol. The van der Waals surface area contributed by atoms with Crippen LogP contribution in [-0.2, 0) is 10.0 Å². The van der Waals surface area contributed by atoms with Gasteiger partial charge in [0.25, 0.3) is 0 Å². The summed E-state index contributed by atoms with van der Waals surface area (Å²) in [6, 6.07) is 1.21. The third-order valence-electron chi connectivity index (χ3n) is 1.26. The molecule has 0 fully saturated rings. The summed E-state index contributed by atoms with van der Waals surface area (Å²) < 4.78 is 36.4. The van der Waals surface area contributed by atoms with Crippen molar-refractivity contribution in [3.8, 4) is 0 Å². The van der Waals surface area contributed by atoms with Crippen LogP contribution in [0.5, 0.6) is 0 Å². The van der Waals surface area contributed by atoms with E-state index in [1.165, 1.54) is 12.3 Å². The number of rotatable bonds is 2. The van der Waals surface area contributed by atoms with Crippen LogP contribution in [0.2, 0.25) is 0 Å². The summed E-state index contributed by atoms with van der Waals surface area (Å²) in [5, 5.41) is 0. The minimum atomic E-state index is -3.47. The Morgan fingerprint density at radius 2 is 2.15 bits per heavy atom. The maximum Gasteiger partial charge on any atom is 0.231 e. The highest BCUT2D eigenvalue weighted by atomic mass is 32.2. The zero-order valence-electron chi connectivity index (χ0n) is 7.20. The summed E-state index contributed by atoms with van der Waals surface area (Å²) in [6.45, 7) is 1.67. The molecule has 0 aliphatic rings. The van der Waals surface area contributed by atoms with Crippen molar-refractivity contribution < 1.29 is 12.8 Å². The van der Waals surface area contributed by atoms with Crippen LogP contribution in [-0.4, -0.2) is 19.7 Å². The lowest BCUT2D eigenvalue weighted by molar-refractivity contribution is 0.602.